The molecule has 1 rings (SSSR count). The Kier molecular flexibility index (Phi) is 3.39. The molecule has 0 saturated carbocycles. The molecule has 0 aliphatic rings. The molecule has 1 heteroatoms. The predicted molar refractivity (Wildman–Crippen MR) is 31.5 cm³/mol. The van der Waals surface area contributed by atoms with Gasteiger partial charge in [-0.2, -0.15) is 17.2 Å². The van der Waals surface area contributed by atoms with E-state index in [2.05, 4.69) is 32.0 Å². The van der Waals surface area contributed by atoms with Gasteiger partial charge in [0.15, 0.2) is 0 Å². The third-order valence-corrected chi connectivity index (χ3v) is 1.31. The summed E-state index contributed by atoms with van der Waals surface area (Å²) in [6.07, 6.45) is 0. The second-order valence-corrected chi connectivity index (χ2v) is 1.89. The Morgan fingerprint density at radius 3 is 2.25 bits per heavy atom. The molecule has 0 spiro atoms. The van der Waals surface area contributed by atoms with E-state index in [9.17, 15) is 0 Å². The van der Waals surface area contributed by atoms with Crippen molar-refractivity contribution in [2.24, 2.45) is 0 Å². The molecule has 0 fully saturated rings. The molecule has 0 nitrogen and oxygen atoms in total. The van der Waals surface area contributed by atoms with Crippen LogP contribution in [0.15, 0.2) is 18.2 Å². The Morgan fingerprint density at radius 2 is 2.12 bits per heavy atom. The Hall–Kier alpha value is 0.233. The van der Waals surface area contributed by atoms with Crippen molar-refractivity contribution in [3.63, 3.8) is 0 Å². The average Bonchev–Trinajstić information content (AvgIpc) is 1.91. The molecule has 0 N–H and O–H groups in total. The first-order valence-electron chi connectivity index (χ1n) is 2.49. The van der Waals surface area contributed by atoms with Crippen LogP contribution in [0.4, 0.5) is 0 Å². The topological polar surface area (TPSA) is 0 Å². The maximum atomic E-state index is 2.12. The second kappa shape index (κ2) is 3.30. The molecule has 0 aliphatic carbocycles. The quantitative estimate of drug-likeness (QED) is 0.541. The van der Waals surface area contributed by atoms with Gasteiger partial charge in [0.1, 0.15) is 0 Å². The summed E-state index contributed by atoms with van der Waals surface area (Å²) in [4.78, 5) is 0. The monoisotopic (exact) mass is 183 g/mol. The zero-order valence-electron chi connectivity index (χ0n) is 5.23. The zero-order chi connectivity index (χ0) is 5.28. The minimum absolute atomic E-state index is 0. The summed E-state index contributed by atoms with van der Waals surface area (Å²) >= 11 is 0. The summed E-state index contributed by atoms with van der Waals surface area (Å²) in [7, 11) is 0. The molecule has 0 amide bonds. The van der Waals surface area contributed by atoms with Gasteiger partial charge in [-0.1, -0.05) is 13.8 Å². The van der Waals surface area contributed by atoms with Crippen LogP contribution in [0.3, 0.4) is 0 Å². The maximum Gasteiger partial charge on any atom is 0 e. The van der Waals surface area contributed by atoms with Gasteiger partial charge in [0, 0.05) is 26.2 Å². The maximum absolute atomic E-state index is 2.12. The van der Waals surface area contributed by atoms with Crippen LogP contribution in [0.2, 0.25) is 0 Å². The normalized spacial score (nSPS) is 8.25. The fourth-order valence-corrected chi connectivity index (χ4v) is 0.600. The Balaban J connectivity index is 0.000000490. The minimum atomic E-state index is 0. The van der Waals surface area contributed by atoms with E-state index in [1.165, 1.54) is 11.1 Å². The molecule has 0 heterocycles. The molecule has 0 aliphatic heterocycles. The van der Waals surface area contributed by atoms with Crippen molar-refractivity contribution >= 4 is 0 Å². The van der Waals surface area contributed by atoms with Crippen molar-refractivity contribution in [2.75, 3.05) is 0 Å². The van der Waals surface area contributed by atoms with E-state index in [0.29, 0.717) is 0 Å². The van der Waals surface area contributed by atoms with Crippen LogP contribution in [0.25, 0.3) is 0 Å². The SMILES string of the molecule is Cc1ccc[c-]1C.[Zr]. The van der Waals surface area contributed by atoms with Crippen LogP contribution in [0, 0.1) is 13.8 Å². The number of hydrogen-bond donors (Lipinski definition) is 0. The fourth-order valence-electron chi connectivity index (χ4n) is 0.600. The third-order valence-electron chi connectivity index (χ3n) is 1.31. The van der Waals surface area contributed by atoms with Gasteiger partial charge < -0.3 is 0 Å². The van der Waals surface area contributed by atoms with Gasteiger partial charge >= 0.3 is 0 Å². The van der Waals surface area contributed by atoms with Crippen LogP contribution < -0.4 is 0 Å². The largest absolute Gasteiger partial charge is 0.213 e. The molecule has 8 heavy (non-hydrogen) atoms. The van der Waals surface area contributed by atoms with E-state index in [-0.39, 0.29) is 26.2 Å². The van der Waals surface area contributed by atoms with Gasteiger partial charge in [0.2, 0.25) is 0 Å². The van der Waals surface area contributed by atoms with Gasteiger partial charge in [-0.3, -0.25) is 0 Å². The van der Waals surface area contributed by atoms with Crippen molar-refractivity contribution in [3.05, 3.63) is 29.3 Å². The van der Waals surface area contributed by atoms with Crippen LogP contribution in [0.1, 0.15) is 11.1 Å². The number of hydrogen-bond acceptors (Lipinski definition) is 0. The molecule has 0 unspecified atom stereocenters. The van der Waals surface area contributed by atoms with Gasteiger partial charge in [-0.15, -0.1) is 0 Å². The van der Waals surface area contributed by atoms with Crippen molar-refractivity contribution in [1.82, 2.24) is 0 Å². The molecule has 1 aromatic carbocycles. The number of aryl methyl sites for hydroxylation is 2. The summed E-state index contributed by atoms with van der Waals surface area (Å²) in [5, 5.41) is 0. The summed E-state index contributed by atoms with van der Waals surface area (Å²) < 4.78 is 0. The van der Waals surface area contributed by atoms with Gasteiger partial charge in [0.25, 0.3) is 0 Å². The van der Waals surface area contributed by atoms with E-state index in [1.807, 2.05) is 0 Å². The molecule has 0 saturated heterocycles. The number of rotatable bonds is 0. The molecular formula is C7H9Zr-. The molecule has 0 bridgehead atoms. The van der Waals surface area contributed by atoms with E-state index in [4.69, 9.17) is 0 Å². The summed E-state index contributed by atoms with van der Waals surface area (Å²) in [6, 6.07) is 6.31. The van der Waals surface area contributed by atoms with Crippen LogP contribution >= 0.6 is 0 Å². The first kappa shape index (κ1) is 8.23. The van der Waals surface area contributed by atoms with Gasteiger partial charge in [0.05, 0.1) is 0 Å². The van der Waals surface area contributed by atoms with Crippen LogP contribution in [-0.2, 0) is 26.2 Å². The predicted octanol–water partition coefficient (Wildman–Crippen LogP) is 2.02. The van der Waals surface area contributed by atoms with Crippen LogP contribution in [-0.4, -0.2) is 0 Å². The average molecular weight is 184 g/mol. The molecule has 0 atom stereocenters. The molecule has 0 aromatic heterocycles. The molecule has 1 aromatic rings. The van der Waals surface area contributed by atoms with Crippen molar-refractivity contribution < 1.29 is 26.2 Å². The van der Waals surface area contributed by atoms with E-state index >= 15 is 0 Å². The Bertz CT molecular complexity index is 137. The minimum Gasteiger partial charge on any atom is -0.213 e. The Labute approximate surface area is 69.4 Å². The van der Waals surface area contributed by atoms with Crippen LogP contribution in [0.5, 0.6) is 0 Å². The van der Waals surface area contributed by atoms with E-state index in [1.54, 1.807) is 0 Å². The standard InChI is InChI=1S/C7H9.Zr/c1-6-4-3-5-7(6)2;/h3-5H,1-2H3;/q-1;. The Morgan fingerprint density at radius 1 is 1.50 bits per heavy atom. The van der Waals surface area contributed by atoms with E-state index in [0.717, 1.165) is 0 Å². The summed E-state index contributed by atoms with van der Waals surface area (Å²) in [6.45, 7) is 4.24. The molecular weight excluding hydrogens is 175 g/mol. The summed E-state index contributed by atoms with van der Waals surface area (Å²) in [5.74, 6) is 0. The van der Waals surface area contributed by atoms with Gasteiger partial charge in [-0.05, 0) is 0 Å². The fraction of sp³-hybridized carbons (Fsp3) is 0.286. The first-order chi connectivity index (χ1) is 3.30. The zero-order valence-corrected chi connectivity index (χ0v) is 7.69. The molecule has 42 valence electrons. The van der Waals surface area contributed by atoms with Crippen molar-refractivity contribution in [2.45, 2.75) is 13.8 Å². The van der Waals surface area contributed by atoms with Crippen molar-refractivity contribution in [1.29, 1.82) is 0 Å². The van der Waals surface area contributed by atoms with Gasteiger partial charge in [-0.25, -0.2) is 12.1 Å². The summed E-state index contributed by atoms with van der Waals surface area (Å²) in [5.41, 5.74) is 2.78. The first-order valence-corrected chi connectivity index (χ1v) is 2.49. The molecule has 0 radical (unpaired) electrons. The van der Waals surface area contributed by atoms with E-state index < -0.39 is 0 Å². The van der Waals surface area contributed by atoms with Crippen molar-refractivity contribution in [3.8, 4) is 0 Å². The second-order valence-electron chi connectivity index (χ2n) is 1.89. The smallest absolute Gasteiger partial charge is 0 e. The third kappa shape index (κ3) is 1.63.